The summed E-state index contributed by atoms with van der Waals surface area (Å²) < 4.78 is 7.07. The van der Waals surface area contributed by atoms with Gasteiger partial charge in [-0.05, 0) is 42.3 Å². The Labute approximate surface area is 175 Å². The van der Waals surface area contributed by atoms with Gasteiger partial charge in [0.2, 0.25) is 0 Å². The standard InChI is InChI=1S/C22H26N6O2/c1-23-22(27-15-13-26(14-16-27)21(29)20-4-2-17-30-20)24-11-9-18-5-7-19(8-6-18)28-12-3-10-25-28/h2-8,10,12,17H,9,11,13-16H2,1H3,(H,23,24). The second kappa shape index (κ2) is 9.30. The number of carbonyl (C=O) groups excluding carboxylic acids is 1. The van der Waals surface area contributed by atoms with Gasteiger partial charge in [0.1, 0.15) is 0 Å². The maximum Gasteiger partial charge on any atom is 0.289 e. The van der Waals surface area contributed by atoms with Gasteiger partial charge in [-0.1, -0.05) is 12.1 Å². The van der Waals surface area contributed by atoms with Gasteiger partial charge in [-0.25, -0.2) is 4.68 Å². The third-order valence-corrected chi connectivity index (χ3v) is 5.21. The van der Waals surface area contributed by atoms with Crippen LogP contribution in [0.15, 0.2) is 70.5 Å². The predicted molar refractivity (Wildman–Crippen MR) is 115 cm³/mol. The predicted octanol–water partition coefficient (Wildman–Crippen LogP) is 2.04. The molecule has 30 heavy (non-hydrogen) atoms. The van der Waals surface area contributed by atoms with Crippen LogP contribution in [0, 0.1) is 0 Å². The Morgan fingerprint density at radius 2 is 1.87 bits per heavy atom. The molecule has 1 aliphatic rings. The zero-order chi connectivity index (χ0) is 20.8. The Kier molecular flexibility index (Phi) is 6.12. The van der Waals surface area contributed by atoms with Crippen LogP contribution in [0.2, 0.25) is 0 Å². The molecule has 1 aliphatic heterocycles. The van der Waals surface area contributed by atoms with Crippen molar-refractivity contribution in [3.8, 4) is 5.69 Å². The van der Waals surface area contributed by atoms with Crippen LogP contribution in [0.25, 0.3) is 5.69 Å². The number of nitrogens with one attached hydrogen (secondary N) is 1. The van der Waals surface area contributed by atoms with Gasteiger partial charge < -0.3 is 19.5 Å². The van der Waals surface area contributed by atoms with Crippen molar-refractivity contribution in [2.45, 2.75) is 6.42 Å². The minimum absolute atomic E-state index is 0.0545. The number of carbonyl (C=O) groups is 1. The van der Waals surface area contributed by atoms with E-state index in [1.165, 1.54) is 11.8 Å². The van der Waals surface area contributed by atoms with Gasteiger partial charge in [0.15, 0.2) is 11.7 Å². The molecule has 1 aromatic carbocycles. The van der Waals surface area contributed by atoms with E-state index in [0.717, 1.165) is 37.7 Å². The van der Waals surface area contributed by atoms with Crippen LogP contribution in [0.1, 0.15) is 16.1 Å². The molecule has 3 aromatic rings. The van der Waals surface area contributed by atoms with Crippen LogP contribution < -0.4 is 5.32 Å². The summed E-state index contributed by atoms with van der Waals surface area (Å²) in [7, 11) is 1.79. The summed E-state index contributed by atoms with van der Waals surface area (Å²) >= 11 is 0. The van der Waals surface area contributed by atoms with Crippen molar-refractivity contribution in [3.63, 3.8) is 0 Å². The van der Waals surface area contributed by atoms with Crippen molar-refractivity contribution in [3.05, 3.63) is 72.4 Å². The molecule has 0 radical (unpaired) electrons. The number of guanidine groups is 1. The highest BCUT2D eigenvalue weighted by atomic mass is 16.3. The van der Waals surface area contributed by atoms with Crippen LogP contribution in [-0.4, -0.2) is 71.2 Å². The fraction of sp³-hybridized carbons (Fsp3) is 0.318. The number of nitrogens with zero attached hydrogens (tertiary/aromatic N) is 5. The lowest BCUT2D eigenvalue weighted by molar-refractivity contribution is 0.0658. The first-order valence-electron chi connectivity index (χ1n) is 10.1. The van der Waals surface area contributed by atoms with Crippen LogP contribution in [0.5, 0.6) is 0 Å². The number of amides is 1. The maximum atomic E-state index is 12.4. The third-order valence-electron chi connectivity index (χ3n) is 5.21. The molecule has 2 aromatic heterocycles. The Hall–Kier alpha value is -3.55. The average Bonchev–Trinajstić information content (AvgIpc) is 3.52. The number of rotatable bonds is 5. The minimum Gasteiger partial charge on any atom is -0.459 e. The molecule has 0 atom stereocenters. The fourth-order valence-corrected chi connectivity index (χ4v) is 3.57. The maximum absolute atomic E-state index is 12.4. The minimum atomic E-state index is -0.0545. The van der Waals surface area contributed by atoms with E-state index < -0.39 is 0 Å². The van der Waals surface area contributed by atoms with E-state index in [4.69, 9.17) is 4.42 Å². The van der Waals surface area contributed by atoms with E-state index in [0.29, 0.717) is 18.8 Å². The van der Waals surface area contributed by atoms with E-state index in [1.807, 2.05) is 21.8 Å². The van der Waals surface area contributed by atoms with E-state index in [9.17, 15) is 4.79 Å². The van der Waals surface area contributed by atoms with Gasteiger partial charge in [0, 0.05) is 52.2 Å². The lowest BCUT2D eigenvalue weighted by Gasteiger charge is -2.36. The summed E-state index contributed by atoms with van der Waals surface area (Å²) in [6.07, 6.45) is 6.13. The number of aromatic nitrogens is 2. The average molecular weight is 406 g/mol. The zero-order valence-corrected chi connectivity index (χ0v) is 17.1. The van der Waals surface area contributed by atoms with Crippen LogP contribution >= 0.6 is 0 Å². The summed E-state index contributed by atoms with van der Waals surface area (Å²) in [4.78, 5) is 20.8. The van der Waals surface area contributed by atoms with Crippen molar-refractivity contribution in [1.82, 2.24) is 24.9 Å². The van der Waals surface area contributed by atoms with Crippen molar-refractivity contribution in [2.24, 2.45) is 4.99 Å². The molecule has 1 saturated heterocycles. The number of hydrogen-bond acceptors (Lipinski definition) is 4. The number of hydrogen-bond donors (Lipinski definition) is 1. The topological polar surface area (TPSA) is 78.9 Å². The van der Waals surface area contributed by atoms with Crippen molar-refractivity contribution in [1.29, 1.82) is 0 Å². The van der Waals surface area contributed by atoms with Gasteiger partial charge in [-0.2, -0.15) is 5.10 Å². The van der Waals surface area contributed by atoms with Crippen LogP contribution in [0.4, 0.5) is 0 Å². The first-order valence-corrected chi connectivity index (χ1v) is 10.1. The lowest BCUT2D eigenvalue weighted by Crippen LogP contribution is -2.53. The molecule has 1 amide bonds. The van der Waals surface area contributed by atoms with Gasteiger partial charge >= 0.3 is 0 Å². The molecule has 0 unspecified atom stereocenters. The summed E-state index contributed by atoms with van der Waals surface area (Å²) in [5.74, 6) is 1.21. The second-order valence-electron chi connectivity index (χ2n) is 7.10. The monoisotopic (exact) mass is 406 g/mol. The van der Waals surface area contributed by atoms with Crippen molar-refractivity contribution < 1.29 is 9.21 Å². The molecule has 0 saturated carbocycles. The summed E-state index contributed by atoms with van der Waals surface area (Å²) in [6.45, 7) is 3.57. The Morgan fingerprint density at radius 3 is 2.50 bits per heavy atom. The van der Waals surface area contributed by atoms with E-state index in [1.54, 1.807) is 25.4 Å². The van der Waals surface area contributed by atoms with E-state index >= 15 is 0 Å². The molecule has 1 fully saturated rings. The molecule has 8 heteroatoms. The Bertz CT molecular complexity index is 956. The Balaban J connectivity index is 1.24. The highest BCUT2D eigenvalue weighted by Gasteiger charge is 2.25. The molecule has 8 nitrogen and oxygen atoms in total. The number of furan rings is 1. The third kappa shape index (κ3) is 4.53. The number of benzene rings is 1. The normalized spacial score (nSPS) is 14.8. The number of aliphatic imine (C=N–C) groups is 1. The lowest BCUT2D eigenvalue weighted by atomic mass is 10.1. The fourth-order valence-electron chi connectivity index (χ4n) is 3.57. The number of piperazine rings is 1. The molecule has 0 bridgehead atoms. The highest BCUT2D eigenvalue weighted by Crippen LogP contribution is 2.11. The largest absolute Gasteiger partial charge is 0.459 e. The molecule has 3 heterocycles. The summed E-state index contributed by atoms with van der Waals surface area (Å²) in [5, 5.41) is 7.69. The molecule has 4 rings (SSSR count). The van der Waals surface area contributed by atoms with Crippen molar-refractivity contribution in [2.75, 3.05) is 39.8 Å². The molecular formula is C22H26N6O2. The van der Waals surface area contributed by atoms with E-state index in [-0.39, 0.29) is 5.91 Å². The molecule has 0 spiro atoms. The SMILES string of the molecule is CN=C(NCCc1ccc(-n2cccn2)cc1)N1CCN(C(=O)c2ccco2)CC1. The van der Waals surface area contributed by atoms with Gasteiger partial charge in [-0.3, -0.25) is 9.79 Å². The van der Waals surface area contributed by atoms with E-state index in [2.05, 4.69) is 44.6 Å². The van der Waals surface area contributed by atoms with Gasteiger partial charge in [0.25, 0.3) is 5.91 Å². The van der Waals surface area contributed by atoms with Gasteiger partial charge in [-0.15, -0.1) is 0 Å². The van der Waals surface area contributed by atoms with Crippen molar-refractivity contribution >= 4 is 11.9 Å². The molecule has 1 N–H and O–H groups in total. The molecule has 0 aliphatic carbocycles. The highest BCUT2D eigenvalue weighted by molar-refractivity contribution is 5.91. The molecule has 156 valence electrons. The van der Waals surface area contributed by atoms with Crippen LogP contribution in [0.3, 0.4) is 0 Å². The Morgan fingerprint density at radius 1 is 1.10 bits per heavy atom. The zero-order valence-electron chi connectivity index (χ0n) is 17.1. The first-order chi connectivity index (χ1) is 14.7. The quantitative estimate of drug-likeness (QED) is 0.518. The van der Waals surface area contributed by atoms with Crippen LogP contribution in [-0.2, 0) is 6.42 Å². The summed E-state index contributed by atoms with van der Waals surface area (Å²) in [5.41, 5.74) is 2.30. The second-order valence-corrected chi connectivity index (χ2v) is 7.10. The smallest absolute Gasteiger partial charge is 0.289 e. The first kappa shape index (κ1) is 19.8. The van der Waals surface area contributed by atoms with Gasteiger partial charge in [0.05, 0.1) is 12.0 Å². The summed E-state index contributed by atoms with van der Waals surface area (Å²) in [6, 6.07) is 13.8. The molecular weight excluding hydrogens is 380 g/mol.